The maximum atomic E-state index is 14.0. The lowest BCUT2D eigenvalue weighted by atomic mass is 10.2. The van der Waals surface area contributed by atoms with Crippen molar-refractivity contribution in [1.29, 1.82) is 0 Å². The van der Waals surface area contributed by atoms with Gasteiger partial charge in [0, 0.05) is 11.2 Å². The summed E-state index contributed by atoms with van der Waals surface area (Å²) in [6, 6.07) is 4.71. The molecule has 3 rings (SSSR count). The fourth-order valence-electron chi connectivity index (χ4n) is 2.40. The zero-order chi connectivity index (χ0) is 16.4. The van der Waals surface area contributed by atoms with E-state index in [9.17, 15) is 14.0 Å². The minimum absolute atomic E-state index is 0.0811. The molecule has 5 nitrogen and oxygen atoms in total. The predicted octanol–water partition coefficient (Wildman–Crippen LogP) is 2.67. The highest BCUT2D eigenvalue weighted by Gasteiger charge is 2.15. The largest absolute Gasteiger partial charge is 0.355 e. The van der Waals surface area contributed by atoms with E-state index in [1.165, 1.54) is 28.3 Å². The summed E-state index contributed by atoms with van der Waals surface area (Å²) in [5.41, 5.74) is 0.0389. The molecule has 0 bridgehead atoms. The number of thiophene rings is 1. The third-order valence-electron chi connectivity index (χ3n) is 3.59. The van der Waals surface area contributed by atoms with Gasteiger partial charge in [-0.3, -0.25) is 14.2 Å². The van der Waals surface area contributed by atoms with Crippen LogP contribution in [0.2, 0.25) is 0 Å². The van der Waals surface area contributed by atoms with Gasteiger partial charge in [-0.15, -0.1) is 11.3 Å². The second-order valence-corrected chi connectivity index (χ2v) is 6.33. The molecule has 0 spiro atoms. The first-order valence-electron chi connectivity index (χ1n) is 7.44. The molecule has 120 valence electrons. The van der Waals surface area contributed by atoms with Gasteiger partial charge < -0.3 is 5.32 Å². The van der Waals surface area contributed by atoms with Crippen LogP contribution in [-0.2, 0) is 11.3 Å². The van der Waals surface area contributed by atoms with Gasteiger partial charge in [0.25, 0.3) is 5.56 Å². The lowest BCUT2D eigenvalue weighted by Crippen LogP contribution is -2.32. The Labute approximate surface area is 135 Å². The summed E-state index contributed by atoms with van der Waals surface area (Å²) >= 11 is 1.20. The van der Waals surface area contributed by atoms with Crippen molar-refractivity contribution in [3.63, 3.8) is 0 Å². The lowest BCUT2D eigenvalue weighted by molar-refractivity contribution is -0.121. The quantitative estimate of drug-likeness (QED) is 0.730. The maximum Gasteiger partial charge on any atom is 0.271 e. The van der Waals surface area contributed by atoms with Gasteiger partial charge in [-0.1, -0.05) is 19.4 Å². The molecule has 0 aliphatic carbocycles. The molecule has 23 heavy (non-hydrogen) atoms. The third-order valence-corrected chi connectivity index (χ3v) is 4.72. The van der Waals surface area contributed by atoms with Crippen molar-refractivity contribution in [3.8, 4) is 0 Å². The number of nitrogens with one attached hydrogen (secondary N) is 1. The van der Waals surface area contributed by atoms with Gasteiger partial charge in [-0.2, -0.15) is 0 Å². The van der Waals surface area contributed by atoms with Crippen LogP contribution in [0.4, 0.5) is 4.39 Å². The number of rotatable bonds is 5. The summed E-state index contributed by atoms with van der Waals surface area (Å²) < 4.78 is 16.3. The highest BCUT2D eigenvalue weighted by atomic mass is 32.1. The number of fused-ring (bicyclic) bond motifs is 3. The lowest BCUT2D eigenvalue weighted by Gasteiger charge is -2.06. The Morgan fingerprint density at radius 1 is 1.43 bits per heavy atom. The Balaban J connectivity index is 1.96. The van der Waals surface area contributed by atoms with E-state index >= 15 is 0 Å². The topological polar surface area (TPSA) is 64.0 Å². The van der Waals surface area contributed by atoms with E-state index < -0.39 is 5.82 Å². The van der Waals surface area contributed by atoms with Crippen molar-refractivity contribution < 1.29 is 9.18 Å². The number of halogens is 1. The molecule has 0 saturated carbocycles. The highest BCUT2D eigenvalue weighted by molar-refractivity contribution is 7.25. The molecule has 0 radical (unpaired) electrons. The van der Waals surface area contributed by atoms with E-state index in [4.69, 9.17) is 0 Å². The Bertz CT molecular complexity index is 932. The number of hydrogen-bond donors (Lipinski definition) is 1. The van der Waals surface area contributed by atoms with Gasteiger partial charge in [-0.25, -0.2) is 9.37 Å². The number of hydrogen-bond acceptors (Lipinski definition) is 4. The number of aromatic nitrogens is 2. The molecule has 7 heteroatoms. The molecule has 0 atom stereocenters. The molecule has 1 amide bonds. The van der Waals surface area contributed by atoms with Crippen LogP contribution >= 0.6 is 11.3 Å². The van der Waals surface area contributed by atoms with Crippen LogP contribution in [0.5, 0.6) is 0 Å². The van der Waals surface area contributed by atoms with E-state index in [0.29, 0.717) is 26.8 Å². The van der Waals surface area contributed by atoms with E-state index in [1.807, 2.05) is 6.92 Å². The Morgan fingerprint density at radius 3 is 3.04 bits per heavy atom. The molecule has 0 fully saturated rings. The zero-order valence-electron chi connectivity index (χ0n) is 12.6. The van der Waals surface area contributed by atoms with Crippen LogP contribution in [0.1, 0.15) is 19.8 Å². The fourth-order valence-corrected chi connectivity index (χ4v) is 3.52. The molecule has 0 aliphatic heterocycles. The summed E-state index contributed by atoms with van der Waals surface area (Å²) in [5, 5.41) is 3.12. The first kappa shape index (κ1) is 15.6. The predicted molar refractivity (Wildman–Crippen MR) is 89.3 cm³/mol. The standard InChI is InChI=1S/C16H16FN3O2S/c1-2-3-7-18-12(21)8-20-9-19-14-13-10(17)5-4-6-11(13)23-15(14)16(20)22/h4-6,9H,2-3,7-8H2,1H3,(H,18,21). The molecule has 0 aliphatic rings. The summed E-state index contributed by atoms with van der Waals surface area (Å²) in [4.78, 5) is 28.5. The van der Waals surface area contributed by atoms with Crippen LogP contribution in [0.25, 0.3) is 20.3 Å². The van der Waals surface area contributed by atoms with Crippen molar-refractivity contribution in [2.45, 2.75) is 26.3 Å². The SMILES string of the molecule is CCCCNC(=O)Cn1cnc2c(sc3cccc(F)c32)c1=O. The summed E-state index contributed by atoms with van der Waals surface area (Å²) in [7, 11) is 0. The minimum atomic E-state index is -0.393. The summed E-state index contributed by atoms with van der Waals surface area (Å²) in [5.74, 6) is -0.621. The molecule has 3 aromatic rings. The van der Waals surface area contributed by atoms with E-state index in [0.717, 1.165) is 12.8 Å². The van der Waals surface area contributed by atoms with Gasteiger partial charge in [0.1, 0.15) is 17.1 Å². The van der Waals surface area contributed by atoms with Crippen LogP contribution in [0.3, 0.4) is 0 Å². The van der Waals surface area contributed by atoms with Crippen LogP contribution in [-0.4, -0.2) is 22.0 Å². The Hall–Kier alpha value is -2.28. The van der Waals surface area contributed by atoms with E-state index in [-0.39, 0.29) is 18.0 Å². The molecule has 2 aromatic heterocycles. The summed E-state index contributed by atoms with van der Waals surface area (Å²) in [6.07, 6.45) is 3.19. The second-order valence-electron chi connectivity index (χ2n) is 5.27. The van der Waals surface area contributed by atoms with E-state index in [1.54, 1.807) is 12.1 Å². The van der Waals surface area contributed by atoms with Crippen molar-refractivity contribution in [1.82, 2.24) is 14.9 Å². The number of carbonyl (C=O) groups is 1. The average molecular weight is 333 g/mol. The van der Waals surface area contributed by atoms with Gasteiger partial charge >= 0.3 is 0 Å². The van der Waals surface area contributed by atoms with Crippen molar-refractivity contribution in [2.75, 3.05) is 6.54 Å². The van der Waals surface area contributed by atoms with Crippen molar-refractivity contribution in [2.24, 2.45) is 0 Å². The number of carbonyl (C=O) groups excluding carboxylic acids is 1. The first-order chi connectivity index (χ1) is 11.1. The number of benzene rings is 1. The van der Waals surface area contributed by atoms with Gasteiger partial charge in [0.2, 0.25) is 5.91 Å². The molecule has 1 aromatic carbocycles. The van der Waals surface area contributed by atoms with Crippen LogP contribution in [0.15, 0.2) is 29.3 Å². The highest BCUT2D eigenvalue weighted by Crippen LogP contribution is 2.31. The molecule has 2 heterocycles. The van der Waals surface area contributed by atoms with Crippen molar-refractivity contribution >= 4 is 37.5 Å². The van der Waals surface area contributed by atoms with Crippen molar-refractivity contribution in [3.05, 3.63) is 40.7 Å². The molecule has 1 N–H and O–H groups in total. The van der Waals surface area contributed by atoms with Gasteiger partial charge in [0.15, 0.2) is 0 Å². The Kier molecular flexibility index (Phi) is 4.38. The Morgan fingerprint density at radius 2 is 2.26 bits per heavy atom. The van der Waals surface area contributed by atoms with Gasteiger partial charge in [-0.05, 0) is 18.6 Å². The molecular formula is C16H16FN3O2S. The monoisotopic (exact) mass is 333 g/mol. The molecular weight excluding hydrogens is 317 g/mol. The normalized spacial score (nSPS) is 11.2. The average Bonchev–Trinajstić information content (AvgIpc) is 2.91. The van der Waals surface area contributed by atoms with Crippen LogP contribution < -0.4 is 10.9 Å². The summed E-state index contributed by atoms with van der Waals surface area (Å²) in [6.45, 7) is 2.55. The molecule has 0 saturated heterocycles. The smallest absolute Gasteiger partial charge is 0.271 e. The minimum Gasteiger partial charge on any atom is -0.355 e. The van der Waals surface area contributed by atoms with Crippen LogP contribution in [0, 0.1) is 5.82 Å². The number of unbranched alkanes of at least 4 members (excludes halogenated alkanes) is 1. The molecule has 0 unspecified atom stereocenters. The number of amides is 1. The first-order valence-corrected chi connectivity index (χ1v) is 8.26. The fraction of sp³-hybridized carbons (Fsp3) is 0.312. The maximum absolute atomic E-state index is 14.0. The van der Waals surface area contributed by atoms with E-state index in [2.05, 4.69) is 10.3 Å². The third kappa shape index (κ3) is 2.96. The second kappa shape index (κ2) is 6.45. The van der Waals surface area contributed by atoms with Gasteiger partial charge in [0.05, 0.1) is 17.2 Å². The zero-order valence-corrected chi connectivity index (χ0v) is 13.5. The number of nitrogens with zero attached hydrogens (tertiary/aromatic N) is 2.